The maximum Gasteiger partial charge on any atom is 0.338 e. The first-order valence-electron chi connectivity index (χ1n) is 10.2. The predicted octanol–water partition coefficient (Wildman–Crippen LogP) is 5.12. The van der Waals surface area contributed by atoms with Crippen molar-refractivity contribution in [2.45, 2.75) is 64.9 Å². The van der Waals surface area contributed by atoms with Gasteiger partial charge in [0.1, 0.15) is 13.2 Å². The number of benzene rings is 2. The Morgan fingerprint density at radius 2 is 1.80 bits per heavy atom. The Bertz CT molecular complexity index is 886. The lowest BCUT2D eigenvalue weighted by atomic mass is 10.0. The fourth-order valence-electron chi connectivity index (χ4n) is 2.98. The molecule has 30 heavy (non-hydrogen) atoms. The lowest BCUT2D eigenvalue weighted by Crippen LogP contribution is -2.49. The molecule has 0 fully saturated rings. The van der Waals surface area contributed by atoms with Crippen molar-refractivity contribution in [3.63, 3.8) is 0 Å². The molecular formula is C24H30O5Si. The van der Waals surface area contributed by atoms with Gasteiger partial charge in [-0.25, -0.2) is 4.79 Å². The molecule has 0 N–H and O–H groups in total. The fraction of sp³-hybridized carbons (Fsp3) is 0.458. The molecule has 2 aromatic carbocycles. The fourth-order valence-corrected chi connectivity index (χ4v) is 3.68. The third kappa shape index (κ3) is 5.43. The van der Waals surface area contributed by atoms with Gasteiger partial charge in [0.25, 0.3) is 0 Å². The summed E-state index contributed by atoms with van der Waals surface area (Å²) in [6, 6.07) is 13.1. The standard InChI is InChI=1S/C24H30O5Si/c1-16-18(22(25)27-14-17-10-8-7-9-11-17)12-13-19-21(16)28-20(15-26-19)24(5,6)29-30-23(2,3)4/h7-13,20H,14-15H2,1-6H3. The number of esters is 1. The van der Waals surface area contributed by atoms with Crippen LogP contribution in [0.1, 0.15) is 56.1 Å². The van der Waals surface area contributed by atoms with E-state index in [1.54, 1.807) is 12.1 Å². The van der Waals surface area contributed by atoms with Crippen molar-refractivity contribution >= 4 is 15.7 Å². The molecule has 6 heteroatoms. The summed E-state index contributed by atoms with van der Waals surface area (Å²) < 4.78 is 23.9. The van der Waals surface area contributed by atoms with Crippen LogP contribution >= 0.6 is 0 Å². The molecule has 0 saturated carbocycles. The van der Waals surface area contributed by atoms with E-state index >= 15 is 0 Å². The highest BCUT2D eigenvalue weighted by Gasteiger charge is 2.38. The third-order valence-electron chi connectivity index (χ3n) is 4.85. The van der Waals surface area contributed by atoms with E-state index in [2.05, 4.69) is 20.8 Å². The first-order chi connectivity index (χ1) is 14.1. The van der Waals surface area contributed by atoms with Gasteiger partial charge in [0.15, 0.2) is 17.6 Å². The minimum absolute atomic E-state index is 0.0797. The summed E-state index contributed by atoms with van der Waals surface area (Å²) in [6.07, 6.45) is -0.283. The summed E-state index contributed by atoms with van der Waals surface area (Å²) >= 11 is 0. The smallest absolute Gasteiger partial charge is 0.338 e. The third-order valence-corrected chi connectivity index (χ3v) is 6.09. The molecule has 5 nitrogen and oxygen atoms in total. The number of fused-ring (bicyclic) bond motifs is 1. The highest BCUT2D eigenvalue weighted by molar-refractivity contribution is 6.31. The largest absolute Gasteiger partial charge is 0.486 e. The molecule has 0 aliphatic carbocycles. The van der Waals surface area contributed by atoms with Gasteiger partial charge in [-0.2, -0.15) is 0 Å². The summed E-state index contributed by atoms with van der Waals surface area (Å²) in [5.74, 6) is 0.836. The molecule has 0 spiro atoms. The SMILES string of the molecule is Cc1c(C(=O)OCc2ccccc2)ccc2c1OC(C(C)(C)O[Si]C(C)(C)C)CO2. The van der Waals surface area contributed by atoms with Crippen LogP contribution in [0.25, 0.3) is 0 Å². The Balaban J connectivity index is 1.73. The predicted molar refractivity (Wildman–Crippen MR) is 117 cm³/mol. The molecule has 1 aliphatic heterocycles. The van der Waals surface area contributed by atoms with Crippen LogP contribution in [-0.2, 0) is 15.8 Å². The zero-order chi connectivity index (χ0) is 21.9. The maximum absolute atomic E-state index is 12.7. The summed E-state index contributed by atoms with van der Waals surface area (Å²) in [7, 11) is 0.337. The number of hydrogen-bond acceptors (Lipinski definition) is 5. The molecule has 160 valence electrons. The van der Waals surface area contributed by atoms with Crippen LogP contribution in [0.2, 0.25) is 5.04 Å². The van der Waals surface area contributed by atoms with Crippen molar-refractivity contribution in [2.24, 2.45) is 0 Å². The average Bonchev–Trinajstić information content (AvgIpc) is 2.71. The molecule has 1 aliphatic rings. The van der Waals surface area contributed by atoms with Gasteiger partial charge in [0, 0.05) is 5.56 Å². The van der Waals surface area contributed by atoms with Crippen molar-refractivity contribution in [3.05, 3.63) is 59.2 Å². The second-order valence-corrected chi connectivity index (χ2v) is 11.0. The zero-order valence-corrected chi connectivity index (χ0v) is 19.6. The molecule has 2 radical (unpaired) electrons. The Labute approximate surface area is 181 Å². The van der Waals surface area contributed by atoms with Crippen LogP contribution in [0.15, 0.2) is 42.5 Å². The van der Waals surface area contributed by atoms with Gasteiger partial charge in [-0.05, 0) is 43.5 Å². The maximum atomic E-state index is 12.7. The number of hydrogen-bond donors (Lipinski definition) is 0. The molecule has 2 aromatic rings. The molecule has 1 unspecified atom stereocenters. The topological polar surface area (TPSA) is 54.0 Å². The highest BCUT2D eigenvalue weighted by Crippen LogP contribution is 2.39. The Kier molecular flexibility index (Phi) is 6.58. The lowest BCUT2D eigenvalue weighted by molar-refractivity contribution is -0.0503. The molecule has 0 aromatic heterocycles. The van der Waals surface area contributed by atoms with Crippen LogP contribution in [0.4, 0.5) is 0 Å². The highest BCUT2D eigenvalue weighted by atomic mass is 28.2. The minimum Gasteiger partial charge on any atom is -0.486 e. The second-order valence-electron chi connectivity index (χ2n) is 9.10. The van der Waals surface area contributed by atoms with E-state index in [4.69, 9.17) is 18.6 Å². The van der Waals surface area contributed by atoms with Crippen molar-refractivity contribution in [1.29, 1.82) is 0 Å². The van der Waals surface area contributed by atoms with Gasteiger partial charge in [-0.15, -0.1) is 0 Å². The molecule has 3 rings (SSSR count). The molecular weight excluding hydrogens is 396 g/mol. The number of rotatable bonds is 6. The van der Waals surface area contributed by atoms with Crippen molar-refractivity contribution in [1.82, 2.24) is 0 Å². The molecule has 1 atom stereocenters. The normalized spacial score (nSPS) is 16.3. The number of carbonyl (C=O) groups excluding carboxylic acids is 1. The van der Waals surface area contributed by atoms with E-state index in [0.29, 0.717) is 39.0 Å². The first-order valence-corrected chi connectivity index (χ1v) is 11.1. The first kappa shape index (κ1) is 22.4. The van der Waals surface area contributed by atoms with Gasteiger partial charge in [-0.1, -0.05) is 51.1 Å². The summed E-state index contributed by atoms with van der Waals surface area (Å²) in [6.45, 7) is 12.9. The van der Waals surface area contributed by atoms with Gasteiger partial charge in [0.05, 0.1) is 11.2 Å². The van der Waals surface area contributed by atoms with Gasteiger partial charge in [0.2, 0.25) is 9.76 Å². The van der Waals surface area contributed by atoms with E-state index in [-0.39, 0.29) is 23.7 Å². The summed E-state index contributed by atoms with van der Waals surface area (Å²) in [5.41, 5.74) is 1.60. The van der Waals surface area contributed by atoms with Crippen LogP contribution in [-0.4, -0.2) is 34.0 Å². The molecule has 0 amide bonds. The van der Waals surface area contributed by atoms with E-state index in [9.17, 15) is 4.79 Å². The molecule has 0 bridgehead atoms. The van der Waals surface area contributed by atoms with E-state index in [1.807, 2.05) is 51.1 Å². The zero-order valence-electron chi connectivity index (χ0n) is 18.6. The Morgan fingerprint density at radius 1 is 1.10 bits per heavy atom. The van der Waals surface area contributed by atoms with E-state index in [0.717, 1.165) is 5.56 Å². The van der Waals surface area contributed by atoms with Gasteiger partial charge >= 0.3 is 5.97 Å². The Morgan fingerprint density at radius 3 is 2.47 bits per heavy atom. The summed E-state index contributed by atoms with van der Waals surface area (Å²) in [5, 5.41) is 0.0797. The van der Waals surface area contributed by atoms with Crippen LogP contribution < -0.4 is 9.47 Å². The number of ether oxygens (including phenoxy) is 3. The van der Waals surface area contributed by atoms with Crippen LogP contribution in [0.5, 0.6) is 11.5 Å². The van der Waals surface area contributed by atoms with Crippen molar-refractivity contribution in [2.75, 3.05) is 6.61 Å². The van der Waals surface area contributed by atoms with E-state index in [1.165, 1.54) is 0 Å². The van der Waals surface area contributed by atoms with Crippen LogP contribution in [0.3, 0.4) is 0 Å². The van der Waals surface area contributed by atoms with Gasteiger partial charge in [-0.3, -0.25) is 0 Å². The Hall–Kier alpha value is -2.31. The average molecular weight is 427 g/mol. The number of carbonyl (C=O) groups is 1. The second kappa shape index (κ2) is 8.82. The summed E-state index contributed by atoms with van der Waals surface area (Å²) in [4.78, 5) is 12.7. The quantitative estimate of drug-likeness (QED) is 0.474. The van der Waals surface area contributed by atoms with Crippen molar-refractivity contribution in [3.8, 4) is 11.5 Å². The minimum atomic E-state index is -0.528. The molecule has 0 saturated heterocycles. The molecule has 1 heterocycles. The van der Waals surface area contributed by atoms with E-state index < -0.39 is 5.60 Å². The monoisotopic (exact) mass is 426 g/mol. The van der Waals surface area contributed by atoms with Crippen molar-refractivity contribution < 1.29 is 23.4 Å². The van der Waals surface area contributed by atoms with Crippen LogP contribution in [0, 0.1) is 6.92 Å². The lowest BCUT2D eigenvalue weighted by Gasteiger charge is -2.39. The van der Waals surface area contributed by atoms with Gasteiger partial charge < -0.3 is 18.6 Å².